The van der Waals surface area contributed by atoms with E-state index >= 15 is 0 Å². The molecule has 0 aliphatic rings. The van der Waals surface area contributed by atoms with Crippen molar-refractivity contribution in [3.05, 3.63) is 58.4 Å². The van der Waals surface area contributed by atoms with Gasteiger partial charge in [-0.25, -0.2) is 0 Å². The second-order valence-corrected chi connectivity index (χ2v) is 5.24. The summed E-state index contributed by atoms with van der Waals surface area (Å²) < 4.78 is 40.4. The number of halogens is 4. The highest BCUT2D eigenvalue weighted by atomic mass is 35.5. The number of benzene rings is 1. The van der Waals surface area contributed by atoms with Crippen molar-refractivity contribution < 1.29 is 18.0 Å². The van der Waals surface area contributed by atoms with Crippen LogP contribution in [-0.2, 0) is 6.18 Å². The molecule has 8 heteroatoms. The first-order chi connectivity index (χ1) is 10.8. The Morgan fingerprint density at radius 1 is 1.22 bits per heavy atom. The molecule has 0 saturated carbocycles. The maximum absolute atomic E-state index is 13.2. The molecular weight excluding hydrogens is 331 g/mol. The van der Waals surface area contributed by atoms with E-state index in [2.05, 4.69) is 10.1 Å². The van der Waals surface area contributed by atoms with Crippen molar-refractivity contribution in [1.82, 2.24) is 14.8 Å². The van der Waals surface area contributed by atoms with Gasteiger partial charge in [-0.1, -0.05) is 17.7 Å². The van der Waals surface area contributed by atoms with Crippen LogP contribution in [0, 0.1) is 6.92 Å². The standard InChI is InChI=1S/C15H9ClF3N3O/c1-8-13-11(6-3-7-20-13)22(21-8)14(23)12-9(15(17,18)19)4-2-5-10(12)16/h2-7H,1H3. The van der Waals surface area contributed by atoms with Gasteiger partial charge in [0.15, 0.2) is 0 Å². The summed E-state index contributed by atoms with van der Waals surface area (Å²) >= 11 is 5.86. The van der Waals surface area contributed by atoms with Crippen LogP contribution < -0.4 is 0 Å². The van der Waals surface area contributed by atoms with E-state index in [9.17, 15) is 18.0 Å². The number of aromatic nitrogens is 3. The van der Waals surface area contributed by atoms with Crippen LogP contribution in [0.5, 0.6) is 0 Å². The maximum atomic E-state index is 13.2. The van der Waals surface area contributed by atoms with Gasteiger partial charge in [-0.2, -0.15) is 23.0 Å². The minimum absolute atomic E-state index is 0.282. The van der Waals surface area contributed by atoms with E-state index in [1.807, 2.05) is 0 Å². The first-order valence-electron chi connectivity index (χ1n) is 6.51. The van der Waals surface area contributed by atoms with Crippen LogP contribution in [0.3, 0.4) is 0 Å². The maximum Gasteiger partial charge on any atom is 0.417 e. The molecule has 0 fully saturated rings. The zero-order valence-corrected chi connectivity index (χ0v) is 12.5. The summed E-state index contributed by atoms with van der Waals surface area (Å²) in [4.78, 5) is 16.7. The summed E-state index contributed by atoms with van der Waals surface area (Å²) in [6, 6.07) is 6.33. The normalized spacial score (nSPS) is 11.9. The molecule has 1 aromatic carbocycles. The Balaban J connectivity index is 2.25. The van der Waals surface area contributed by atoms with Crippen LogP contribution >= 0.6 is 11.6 Å². The van der Waals surface area contributed by atoms with Gasteiger partial charge in [0.05, 0.1) is 27.4 Å². The zero-order valence-electron chi connectivity index (χ0n) is 11.7. The largest absolute Gasteiger partial charge is 0.417 e. The number of hydrogen-bond acceptors (Lipinski definition) is 3. The fourth-order valence-electron chi connectivity index (χ4n) is 2.34. The summed E-state index contributed by atoms with van der Waals surface area (Å²) in [5.74, 6) is -0.950. The lowest BCUT2D eigenvalue weighted by atomic mass is 10.1. The summed E-state index contributed by atoms with van der Waals surface area (Å²) in [5, 5.41) is 3.73. The van der Waals surface area contributed by atoms with E-state index in [1.165, 1.54) is 12.3 Å². The average molecular weight is 340 g/mol. The smallest absolute Gasteiger partial charge is 0.267 e. The molecule has 4 nitrogen and oxygen atoms in total. The lowest BCUT2D eigenvalue weighted by Gasteiger charge is -2.13. The molecule has 23 heavy (non-hydrogen) atoms. The number of fused-ring (bicyclic) bond motifs is 1. The van der Waals surface area contributed by atoms with Crippen molar-refractivity contribution >= 4 is 28.5 Å². The van der Waals surface area contributed by atoms with Crippen molar-refractivity contribution in [3.63, 3.8) is 0 Å². The van der Waals surface area contributed by atoms with Crippen LogP contribution in [0.1, 0.15) is 21.6 Å². The molecule has 2 aromatic heterocycles. The molecule has 0 radical (unpaired) electrons. The van der Waals surface area contributed by atoms with E-state index < -0.39 is 23.2 Å². The highest BCUT2D eigenvalue weighted by molar-refractivity contribution is 6.34. The van der Waals surface area contributed by atoms with Gasteiger partial charge >= 0.3 is 6.18 Å². The third-order valence-corrected chi connectivity index (χ3v) is 3.65. The summed E-state index contributed by atoms with van der Waals surface area (Å²) in [7, 11) is 0. The average Bonchev–Trinajstić information content (AvgIpc) is 2.83. The highest BCUT2D eigenvalue weighted by Gasteiger charge is 2.37. The van der Waals surface area contributed by atoms with Gasteiger partial charge in [-0.3, -0.25) is 9.78 Å². The van der Waals surface area contributed by atoms with Crippen molar-refractivity contribution in [2.45, 2.75) is 13.1 Å². The van der Waals surface area contributed by atoms with Crippen molar-refractivity contribution in [3.8, 4) is 0 Å². The van der Waals surface area contributed by atoms with Crippen LogP contribution in [0.15, 0.2) is 36.5 Å². The molecule has 0 saturated heterocycles. The van der Waals surface area contributed by atoms with Crippen molar-refractivity contribution in [2.24, 2.45) is 0 Å². The molecule has 0 aliphatic heterocycles. The molecule has 0 bridgehead atoms. The number of rotatable bonds is 1. The molecule has 0 N–H and O–H groups in total. The molecule has 3 aromatic rings. The summed E-state index contributed by atoms with van der Waals surface area (Å²) in [6.07, 6.45) is -3.19. The Hall–Kier alpha value is -2.41. The molecule has 0 atom stereocenters. The topological polar surface area (TPSA) is 47.8 Å². The van der Waals surface area contributed by atoms with Crippen LogP contribution in [0.2, 0.25) is 5.02 Å². The number of carbonyl (C=O) groups excluding carboxylic acids is 1. The Morgan fingerprint density at radius 2 is 1.96 bits per heavy atom. The highest BCUT2D eigenvalue weighted by Crippen LogP contribution is 2.35. The molecule has 2 heterocycles. The van der Waals surface area contributed by atoms with Gasteiger partial charge in [0.25, 0.3) is 5.91 Å². The van der Waals surface area contributed by atoms with E-state index in [4.69, 9.17) is 11.6 Å². The number of hydrogen-bond donors (Lipinski definition) is 0. The molecular formula is C15H9ClF3N3O. The number of aryl methyl sites for hydroxylation is 1. The second-order valence-electron chi connectivity index (χ2n) is 4.83. The molecule has 0 unspecified atom stereocenters. The monoisotopic (exact) mass is 339 g/mol. The second kappa shape index (κ2) is 5.34. The minimum Gasteiger partial charge on any atom is -0.267 e. The molecule has 0 spiro atoms. The fraction of sp³-hybridized carbons (Fsp3) is 0.133. The van der Waals surface area contributed by atoms with Crippen LogP contribution in [0.25, 0.3) is 11.0 Å². The number of alkyl halides is 3. The molecule has 0 amide bonds. The van der Waals surface area contributed by atoms with Gasteiger partial charge in [-0.15, -0.1) is 0 Å². The Kier molecular flexibility index (Phi) is 3.60. The van der Waals surface area contributed by atoms with E-state index in [0.717, 1.165) is 16.8 Å². The van der Waals surface area contributed by atoms with E-state index in [-0.39, 0.29) is 5.02 Å². The van der Waals surface area contributed by atoms with Gasteiger partial charge in [0.2, 0.25) is 0 Å². The molecule has 0 aliphatic carbocycles. The third-order valence-electron chi connectivity index (χ3n) is 3.33. The lowest BCUT2D eigenvalue weighted by Crippen LogP contribution is -2.20. The van der Waals surface area contributed by atoms with E-state index in [0.29, 0.717) is 16.7 Å². The van der Waals surface area contributed by atoms with Gasteiger partial charge in [0.1, 0.15) is 5.52 Å². The van der Waals surface area contributed by atoms with E-state index in [1.54, 1.807) is 19.1 Å². The first-order valence-corrected chi connectivity index (χ1v) is 6.89. The Labute approximate surface area is 133 Å². The lowest BCUT2D eigenvalue weighted by molar-refractivity contribution is -0.137. The first kappa shape index (κ1) is 15.5. The van der Waals surface area contributed by atoms with Gasteiger partial charge < -0.3 is 0 Å². The Bertz CT molecular complexity index is 918. The molecule has 118 valence electrons. The number of nitrogens with zero attached hydrogens (tertiary/aromatic N) is 3. The number of pyridine rings is 1. The van der Waals surface area contributed by atoms with Gasteiger partial charge in [-0.05, 0) is 31.2 Å². The summed E-state index contributed by atoms with van der Waals surface area (Å²) in [5.41, 5.74) is -0.519. The third kappa shape index (κ3) is 2.57. The molecule has 3 rings (SSSR count). The SMILES string of the molecule is Cc1nn(C(=O)c2c(Cl)cccc2C(F)(F)F)c2cccnc12. The van der Waals surface area contributed by atoms with Crippen LogP contribution in [0.4, 0.5) is 13.2 Å². The predicted molar refractivity (Wildman–Crippen MR) is 78.4 cm³/mol. The van der Waals surface area contributed by atoms with Gasteiger partial charge in [0, 0.05) is 6.20 Å². The van der Waals surface area contributed by atoms with Crippen LogP contribution in [-0.4, -0.2) is 20.7 Å². The zero-order chi connectivity index (χ0) is 16.8. The predicted octanol–water partition coefficient (Wildman–Crippen LogP) is 4.10. The van der Waals surface area contributed by atoms with Crippen molar-refractivity contribution in [1.29, 1.82) is 0 Å². The summed E-state index contributed by atoms with van der Waals surface area (Å²) in [6.45, 7) is 1.62. The minimum atomic E-state index is -4.70. The Morgan fingerprint density at radius 3 is 2.65 bits per heavy atom. The number of carbonyl (C=O) groups is 1. The van der Waals surface area contributed by atoms with Crippen molar-refractivity contribution in [2.75, 3.05) is 0 Å². The fourth-order valence-corrected chi connectivity index (χ4v) is 2.59. The quantitative estimate of drug-likeness (QED) is 0.670.